The van der Waals surface area contributed by atoms with Gasteiger partial charge in [0.05, 0.1) is 47.1 Å². The van der Waals surface area contributed by atoms with Gasteiger partial charge in [-0.25, -0.2) is 23.4 Å². The minimum absolute atomic E-state index is 0.264. The van der Waals surface area contributed by atoms with Gasteiger partial charge in [0.15, 0.2) is 5.82 Å². The summed E-state index contributed by atoms with van der Waals surface area (Å²) in [5, 5.41) is 24.5. The Kier molecular flexibility index (Phi) is 7.63. The van der Waals surface area contributed by atoms with Crippen LogP contribution < -0.4 is 10.6 Å². The Morgan fingerprint density at radius 3 is 2.67 bits per heavy atom. The number of aromatic nitrogens is 7. The molecule has 1 aliphatic heterocycles. The third-order valence-electron chi connectivity index (χ3n) is 6.95. The standard InChI is InChI=1S/C27H26F3N9O3S/c28-27(29,30)16-38-14-17(11-34-38)3-4-18-12-33-24(10-21(18)25-22(40)2-1-8-31-25)36-23-7-9-32-26(37-23)19-13-35-39(15-19)43(41,42)20-5-6-20/h7,9-15,20,22,25,31,40H,1-2,5-6,8,16H2,(H,32,33,36,37). The van der Waals surface area contributed by atoms with E-state index in [0.717, 1.165) is 15.2 Å². The van der Waals surface area contributed by atoms with Crippen LogP contribution in [0.15, 0.2) is 49.3 Å². The van der Waals surface area contributed by atoms with Crippen LogP contribution >= 0.6 is 0 Å². The number of aliphatic hydroxyl groups excluding tert-OH is 1. The van der Waals surface area contributed by atoms with E-state index >= 15 is 0 Å². The highest BCUT2D eigenvalue weighted by molar-refractivity contribution is 7.90. The molecule has 2 aliphatic rings. The van der Waals surface area contributed by atoms with Crippen molar-refractivity contribution in [3.05, 3.63) is 66.0 Å². The topological polar surface area (TPSA) is 153 Å². The molecule has 224 valence electrons. The van der Waals surface area contributed by atoms with Crippen LogP contribution in [0.5, 0.6) is 0 Å². The van der Waals surface area contributed by atoms with E-state index in [1.165, 1.54) is 37.2 Å². The van der Waals surface area contributed by atoms with E-state index < -0.39 is 40.1 Å². The number of pyridine rings is 1. The number of rotatable bonds is 7. The largest absolute Gasteiger partial charge is 0.408 e. The third kappa shape index (κ3) is 6.69. The number of aliphatic hydroxyl groups is 1. The number of hydrogen-bond donors (Lipinski definition) is 3. The predicted molar refractivity (Wildman–Crippen MR) is 148 cm³/mol. The van der Waals surface area contributed by atoms with Gasteiger partial charge < -0.3 is 15.7 Å². The van der Waals surface area contributed by atoms with Gasteiger partial charge in [0, 0.05) is 24.2 Å². The van der Waals surface area contributed by atoms with Crippen molar-refractivity contribution in [2.75, 3.05) is 11.9 Å². The van der Waals surface area contributed by atoms with E-state index in [9.17, 15) is 26.7 Å². The summed E-state index contributed by atoms with van der Waals surface area (Å²) in [5.41, 5.74) is 1.87. The second-order valence-corrected chi connectivity index (χ2v) is 12.4. The normalized spacial score (nSPS) is 19.1. The summed E-state index contributed by atoms with van der Waals surface area (Å²) in [4.78, 5) is 13.2. The Labute approximate surface area is 244 Å². The first-order valence-corrected chi connectivity index (χ1v) is 15.0. The lowest BCUT2D eigenvalue weighted by atomic mass is 9.92. The van der Waals surface area contributed by atoms with E-state index in [4.69, 9.17) is 0 Å². The monoisotopic (exact) mass is 613 g/mol. The Morgan fingerprint density at radius 2 is 1.91 bits per heavy atom. The molecule has 4 aromatic heterocycles. The smallest absolute Gasteiger partial charge is 0.391 e. The Bertz CT molecular complexity index is 1810. The van der Waals surface area contributed by atoms with Crippen molar-refractivity contribution in [2.24, 2.45) is 0 Å². The highest BCUT2D eigenvalue weighted by Gasteiger charge is 2.37. The average molecular weight is 614 g/mol. The maximum Gasteiger partial charge on any atom is 0.408 e. The lowest BCUT2D eigenvalue weighted by Crippen LogP contribution is -2.38. The summed E-state index contributed by atoms with van der Waals surface area (Å²) in [5.74, 6) is 6.85. The van der Waals surface area contributed by atoms with Gasteiger partial charge in [-0.3, -0.25) is 4.68 Å². The number of piperidine rings is 1. The summed E-state index contributed by atoms with van der Waals surface area (Å²) < 4.78 is 64.8. The van der Waals surface area contributed by atoms with E-state index in [-0.39, 0.29) is 5.82 Å². The number of anilines is 2. The third-order valence-corrected chi connectivity index (χ3v) is 8.98. The van der Waals surface area contributed by atoms with Crippen LogP contribution in [0.3, 0.4) is 0 Å². The molecule has 5 heterocycles. The second-order valence-electron chi connectivity index (χ2n) is 10.3. The van der Waals surface area contributed by atoms with Gasteiger partial charge >= 0.3 is 6.18 Å². The lowest BCUT2D eigenvalue weighted by Gasteiger charge is -2.30. The molecule has 0 amide bonds. The number of nitrogens with one attached hydrogen (secondary N) is 2. The first-order valence-electron chi connectivity index (χ1n) is 13.5. The molecule has 6 rings (SSSR count). The predicted octanol–water partition coefficient (Wildman–Crippen LogP) is 2.76. The van der Waals surface area contributed by atoms with Gasteiger partial charge in [-0.15, -0.1) is 0 Å². The fourth-order valence-electron chi connectivity index (χ4n) is 4.70. The Hall–Kier alpha value is -4.33. The van der Waals surface area contributed by atoms with Crippen molar-refractivity contribution in [1.82, 2.24) is 39.2 Å². The molecule has 3 N–H and O–H groups in total. The van der Waals surface area contributed by atoms with E-state index in [2.05, 4.69) is 47.6 Å². The molecular weight excluding hydrogens is 587 g/mol. The van der Waals surface area contributed by atoms with Crippen molar-refractivity contribution in [3.8, 4) is 23.2 Å². The van der Waals surface area contributed by atoms with Crippen LogP contribution in [0.1, 0.15) is 48.4 Å². The zero-order valence-corrected chi connectivity index (χ0v) is 23.3. The van der Waals surface area contributed by atoms with Crippen LogP contribution in [-0.2, 0) is 16.6 Å². The van der Waals surface area contributed by atoms with Gasteiger partial charge in [-0.05, 0) is 49.9 Å². The average Bonchev–Trinajstić information content (AvgIpc) is 3.55. The zero-order valence-electron chi connectivity index (χ0n) is 22.5. The van der Waals surface area contributed by atoms with Crippen molar-refractivity contribution in [1.29, 1.82) is 0 Å². The molecule has 2 atom stereocenters. The van der Waals surface area contributed by atoms with Gasteiger partial charge in [-0.2, -0.15) is 27.5 Å². The summed E-state index contributed by atoms with van der Waals surface area (Å²) in [6, 6.07) is 2.90. The number of hydrogen-bond acceptors (Lipinski definition) is 10. The first-order chi connectivity index (χ1) is 20.5. The molecule has 4 aromatic rings. The van der Waals surface area contributed by atoms with Gasteiger partial charge in [0.25, 0.3) is 10.0 Å². The quantitative estimate of drug-likeness (QED) is 0.265. The van der Waals surface area contributed by atoms with E-state index in [1.54, 1.807) is 12.1 Å². The molecule has 43 heavy (non-hydrogen) atoms. The van der Waals surface area contributed by atoms with Crippen LogP contribution in [0.2, 0.25) is 0 Å². The molecule has 0 bridgehead atoms. The fourth-order valence-corrected chi connectivity index (χ4v) is 6.18. The maximum absolute atomic E-state index is 12.7. The minimum atomic E-state index is -4.40. The number of alkyl halides is 3. The van der Waals surface area contributed by atoms with Crippen LogP contribution in [0.25, 0.3) is 11.4 Å². The number of nitrogens with zero attached hydrogens (tertiary/aromatic N) is 7. The number of halogens is 3. The Morgan fingerprint density at radius 1 is 1.07 bits per heavy atom. The molecule has 0 radical (unpaired) electrons. The van der Waals surface area contributed by atoms with E-state index in [1.807, 2.05) is 0 Å². The van der Waals surface area contributed by atoms with Crippen LogP contribution in [-0.4, -0.2) is 71.5 Å². The molecule has 1 saturated carbocycles. The highest BCUT2D eigenvalue weighted by Crippen LogP contribution is 2.31. The molecule has 2 unspecified atom stereocenters. The van der Waals surface area contributed by atoms with Crippen LogP contribution in [0.4, 0.5) is 24.8 Å². The highest BCUT2D eigenvalue weighted by atomic mass is 32.2. The molecule has 12 nitrogen and oxygen atoms in total. The molecule has 16 heteroatoms. The molecule has 2 fully saturated rings. The van der Waals surface area contributed by atoms with Crippen molar-refractivity contribution in [3.63, 3.8) is 0 Å². The molecule has 1 aliphatic carbocycles. The van der Waals surface area contributed by atoms with Gasteiger partial charge in [-0.1, -0.05) is 11.8 Å². The van der Waals surface area contributed by atoms with Gasteiger partial charge in [0.2, 0.25) is 0 Å². The van der Waals surface area contributed by atoms with Crippen molar-refractivity contribution >= 4 is 21.7 Å². The van der Waals surface area contributed by atoms with Crippen LogP contribution in [0, 0.1) is 11.8 Å². The Balaban J connectivity index is 1.26. The SMILES string of the molecule is O=S(=O)(C1CC1)n1cc(-c2nccc(Nc3cc(C4NCCCC4O)c(C#Cc4cnn(CC(F)(F)F)c4)cn3)n2)cn1. The van der Waals surface area contributed by atoms with Gasteiger partial charge in [0.1, 0.15) is 18.2 Å². The maximum atomic E-state index is 12.7. The van der Waals surface area contributed by atoms with E-state index in [0.29, 0.717) is 59.7 Å². The lowest BCUT2D eigenvalue weighted by molar-refractivity contribution is -0.142. The summed E-state index contributed by atoms with van der Waals surface area (Å²) >= 11 is 0. The van der Waals surface area contributed by atoms with Crippen molar-refractivity contribution < 1.29 is 26.7 Å². The zero-order chi connectivity index (χ0) is 30.2. The summed E-state index contributed by atoms with van der Waals surface area (Å²) in [6.45, 7) is -0.532. The summed E-state index contributed by atoms with van der Waals surface area (Å²) in [6.07, 6.45) is 5.82. The minimum Gasteiger partial charge on any atom is -0.391 e. The molecule has 1 saturated heterocycles. The molecule has 0 spiro atoms. The van der Waals surface area contributed by atoms with Crippen molar-refractivity contribution in [2.45, 2.75) is 55.8 Å². The molecule has 0 aromatic carbocycles. The summed E-state index contributed by atoms with van der Waals surface area (Å²) in [7, 11) is -3.53. The molecular formula is C27H26F3N9O3S. The first kappa shape index (κ1) is 28.8. The fraction of sp³-hybridized carbons (Fsp3) is 0.370. The second kappa shape index (κ2) is 11.4.